The van der Waals surface area contributed by atoms with Crippen LogP contribution in [-0.2, 0) is 0 Å². The van der Waals surface area contributed by atoms with Gasteiger partial charge in [0.15, 0.2) is 0 Å². The van der Waals surface area contributed by atoms with Crippen LogP contribution >= 0.6 is 22.6 Å². The van der Waals surface area contributed by atoms with Crippen LogP contribution in [-0.4, -0.2) is 87.1 Å². The first-order valence-corrected chi connectivity index (χ1v) is 10.6. The van der Waals surface area contributed by atoms with E-state index in [1.165, 1.54) is 0 Å². The molecule has 0 aromatic rings. The first-order chi connectivity index (χ1) is 19.5. The summed E-state index contributed by atoms with van der Waals surface area (Å²) >= 11 is -1.68. The number of halogens is 32. The molecule has 0 bridgehead atoms. The minimum Gasteiger partial charge on any atom is -0.215 e. The third-order valence-corrected chi connectivity index (χ3v) is 6.73. The first kappa shape index (κ1) is 45.6. The summed E-state index contributed by atoms with van der Waals surface area (Å²) in [5, 5.41) is 0. The summed E-state index contributed by atoms with van der Waals surface area (Å²) in [7, 11) is 0. The van der Waals surface area contributed by atoms with Crippen LogP contribution in [0.25, 0.3) is 0 Å². The number of alkyl halides is 32. The molecule has 0 saturated carbocycles. The molecule has 0 nitrogen and oxygen atoms in total. The topological polar surface area (TPSA) is 0 Å². The van der Waals surface area contributed by atoms with Crippen LogP contribution in [0.2, 0.25) is 0 Å². The molecule has 0 fully saturated rings. The molecule has 0 N–H and O–H groups in total. The van der Waals surface area contributed by atoms with Gasteiger partial charge >= 0.3 is 87.1 Å². The Labute approximate surface area is 246 Å². The average Bonchev–Trinajstić information content (AvgIpc) is 2.80. The van der Waals surface area contributed by atoms with Gasteiger partial charge in [-0.1, -0.05) is 0 Å². The Hall–Kier alpha value is -1.44. The van der Waals surface area contributed by atoms with Gasteiger partial charge in [-0.3, -0.25) is 0 Å². The summed E-state index contributed by atoms with van der Waals surface area (Å²) in [4.78, 5) is 0. The van der Waals surface area contributed by atoms with E-state index in [2.05, 4.69) is 0 Å². The van der Waals surface area contributed by atoms with Gasteiger partial charge in [-0.25, -0.2) is 4.39 Å². The standard InChI is InChI=1S/C15F31I/c16-1(17,2(18,19)4(22,23)6(26,27)8(30,31)10(34,35)12(38,39)14(41,42)43)3(20,21)5(24,25)7(28,29)9(32,33)11(36,37)13(40,47)15(44,45)46. The molecule has 0 heterocycles. The largest absolute Gasteiger partial charge is 0.460 e. The second-order valence-electron chi connectivity index (χ2n) is 8.46. The maximum absolute atomic E-state index is 13.7. The second kappa shape index (κ2) is 10.8. The Morgan fingerprint density at radius 3 is 0.426 bits per heavy atom. The normalized spacial score (nSPS) is 18.4. The van der Waals surface area contributed by atoms with Gasteiger partial charge in [-0.2, -0.15) is 132 Å². The van der Waals surface area contributed by atoms with Crippen LogP contribution in [0.5, 0.6) is 0 Å². The fourth-order valence-corrected chi connectivity index (χ4v) is 2.86. The molecule has 0 aromatic carbocycles. The molecular weight excluding hydrogens is 896 g/mol. The quantitative estimate of drug-likeness (QED) is 0.104. The zero-order chi connectivity index (χ0) is 39.5. The summed E-state index contributed by atoms with van der Waals surface area (Å²) in [5.74, 6) is -115. The van der Waals surface area contributed by atoms with E-state index in [9.17, 15) is 136 Å². The second-order valence-corrected chi connectivity index (χ2v) is 9.95. The molecule has 0 radical (unpaired) electrons. The first-order valence-electron chi connectivity index (χ1n) is 9.55. The van der Waals surface area contributed by atoms with Crippen LogP contribution in [0, 0.1) is 0 Å². The van der Waals surface area contributed by atoms with Gasteiger partial charge in [0.1, 0.15) is 0 Å². The highest BCUT2D eigenvalue weighted by atomic mass is 127. The molecule has 284 valence electrons. The van der Waals surface area contributed by atoms with Crippen molar-refractivity contribution in [2.75, 3.05) is 0 Å². The molecule has 0 spiro atoms. The minimum atomic E-state index is -10.0. The molecule has 0 aliphatic heterocycles. The molecule has 0 saturated heterocycles. The summed E-state index contributed by atoms with van der Waals surface area (Å²) in [6, 6.07) is 0. The van der Waals surface area contributed by atoms with E-state index in [0.29, 0.717) is 0 Å². The highest BCUT2D eigenvalue weighted by molar-refractivity contribution is 14.1. The molecule has 1 atom stereocenters. The van der Waals surface area contributed by atoms with E-state index in [0.717, 1.165) is 0 Å². The van der Waals surface area contributed by atoms with E-state index in [-0.39, 0.29) is 0 Å². The summed E-state index contributed by atoms with van der Waals surface area (Å²) in [5.41, 5.74) is 0. The maximum Gasteiger partial charge on any atom is 0.460 e. The van der Waals surface area contributed by atoms with Gasteiger partial charge < -0.3 is 0 Å². The van der Waals surface area contributed by atoms with Gasteiger partial charge in [0, 0.05) is 0 Å². The van der Waals surface area contributed by atoms with Crippen molar-refractivity contribution in [2.45, 2.75) is 87.1 Å². The van der Waals surface area contributed by atoms with Crippen LogP contribution < -0.4 is 0 Å². The van der Waals surface area contributed by atoms with E-state index >= 15 is 0 Å². The molecule has 0 rings (SSSR count). The number of rotatable bonds is 12. The van der Waals surface area contributed by atoms with Crippen molar-refractivity contribution < 1.29 is 136 Å². The van der Waals surface area contributed by atoms with Gasteiger partial charge in [-0.05, 0) is 22.6 Å². The third-order valence-electron chi connectivity index (χ3n) is 5.44. The van der Waals surface area contributed by atoms with Crippen molar-refractivity contribution in [3.63, 3.8) is 0 Å². The lowest BCUT2D eigenvalue weighted by molar-refractivity contribution is -0.486. The fraction of sp³-hybridized carbons (Fsp3) is 1.00. The van der Waals surface area contributed by atoms with Crippen LogP contribution in [0.15, 0.2) is 0 Å². The van der Waals surface area contributed by atoms with Gasteiger partial charge in [-0.15, -0.1) is 0 Å². The molecule has 32 heteroatoms. The van der Waals surface area contributed by atoms with Crippen molar-refractivity contribution in [1.82, 2.24) is 0 Å². The summed E-state index contributed by atoms with van der Waals surface area (Å²) in [6.45, 7) is 0. The van der Waals surface area contributed by atoms with Gasteiger partial charge in [0.2, 0.25) is 0 Å². The molecule has 0 aliphatic carbocycles. The average molecular weight is 896 g/mol. The van der Waals surface area contributed by atoms with Crippen LogP contribution in [0.3, 0.4) is 0 Å². The molecule has 0 aliphatic rings. The van der Waals surface area contributed by atoms with E-state index < -0.39 is 110 Å². The molecular formula is C15F31I. The van der Waals surface area contributed by atoms with Gasteiger partial charge in [0.25, 0.3) is 0 Å². The summed E-state index contributed by atoms with van der Waals surface area (Å²) in [6.07, 6.45) is -16.0. The van der Waals surface area contributed by atoms with E-state index in [1.807, 2.05) is 0 Å². The lowest BCUT2D eigenvalue weighted by Crippen LogP contribution is -2.79. The van der Waals surface area contributed by atoms with E-state index in [1.54, 1.807) is 0 Å². The SMILES string of the molecule is FC(F)(F)C(F)(F)C(F)(F)C(F)(F)C(F)(F)C(F)(F)C(F)(F)C(F)(F)C(F)(F)C(F)(F)C(F)(F)C(F)(F)C(F)(F)C(F)(I)C(F)(F)F. The van der Waals surface area contributed by atoms with Crippen molar-refractivity contribution in [2.24, 2.45) is 0 Å². The van der Waals surface area contributed by atoms with Crippen LogP contribution in [0.1, 0.15) is 0 Å². The zero-order valence-electron chi connectivity index (χ0n) is 19.6. The molecule has 0 aromatic heterocycles. The Morgan fingerprint density at radius 1 is 0.170 bits per heavy atom. The smallest absolute Gasteiger partial charge is 0.215 e. The van der Waals surface area contributed by atoms with Crippen molar-refractivity contribution in [3.05, 3.63) is 0 Å². The predicted molar refractivity (Wildman–Crippen MR) is 89.3 cm³/mol. The number of hydrogen-bond acceptors (Lipinski definition) is 0. The number of hydrogen-bond donors (Lipinski definition) is 0. The highest BCUT2D eigenvalue weighted by Gasteiger charge is 3.01. The predicted octanol–water partition coefficient (Wildman–Crippen LogP) is 10.8. The molecule has 1 unspecified atom stereocenters. The highest BCUT2D eigenvalue weighted by Crippen LogP contribution is 2.69. The van der Waals surface area contributed by atoms with Crippen molar-refractivity contribution in [3.8, 4) is 0 Å². The minimum absolute atomic E-state index is 1.68. The summed E-state index contributed by atoms with van der Waals surface area (Å²) < 4.78 is 402. The van der Waals surface area contributed by atoms with Crippen molar-refractivity contribution in [1.29, 1.82) is 0 Å². The Bertz CT molecular complexity index is 1060. The Morgan fingerprint density at radius 2 is 0.298 bits per heavy atom. The Kier molecular flexibility index (Phi) is 10.5. The monoisotopic (exact) mass is 896 g/mol. The third kappa shape index (κ3) is 5.20. The molecule has 0 amide bonds. The lowest BCUT2D eigenvalue weighted by Gasteiger charge is -2.46. The van der Waals surface area contributed by atoms with E-state index in [4.69, 9.17) is 0 Å². The maximum atomic E-state index is 13.7. The van der Waals surface area contributed by atoms with Crippen molar-refractivity contribution >= 4 is 22.6 Å². The van der Waals surface area contributed by atoms with Crippen LogP contribution in [0.4, 0.5) is 136 Å². The molecule has 47 heavy (non-hydrogen) atoms. The lowest BCUT2D eigenvalue weighted by atomic mass is 9.83. The zero-order valence-corrected chi connectivity index (χ0v) is 21.8. The Balaban J connectivity index is 7.61. The van der Waals surface area contributed by atoms with Gasteiger partial charge in [0.05, 0.1) is 0 Å². The fourth-order valence-electron chi connectivity index (χ4n) is 2.52.